The number of ether oxygens (including phenoxy) is 1. The van der Waals surface area contributed by atoms with Gasteiger partial charge in [0, 0.05) is 57.8 Å². The number of morpholine rings is 1. The maximum atomic E-state index is 13.8. The van der Waals surface area contributed by atoms with Gasteiger partial charge >= 0.3 is 0 Å². The Kier molecular flexibility index (Phi) is 6.07. The number of amides is 1. The van der Waals surface area contributed by atoms with Crippen molar-refractivity contribution in [2.75, 3.05) is 52.5 Å². The molecule has 30 heavy (non-hydrogen) atoms. The third-order valence-electron chi connectivity index (χ3n) is 7.74. The highest BCUT2D eigenvalue weighted by Gasteiger charge is 2.49. The Hall–Kier alpha value is -1.50. The fourth-order valence-corrected chi connectivity index (χ4v) is 6.33. The van der Waals surface area contributed by atoms with Crippen LogP contribution in [0.2, 0.25) is 0 Å². The zero-order valence-corrected chi connectivity index (χ0v) is 17.8. The predicted molar refractivity (Wildman–Crippen MR) is 114 cm³/mol. The minimum atomic E-state index is -0.182. The molecule has 1 aromatic carbocycles. The smallest absolute Gasteiger partial charge is 0.223 e. The van der Waals surface area contributed by atoms with E-state index in [1.54, 1.807) is 12.1 Å². The highest BCUT2D eigenvalue weighted by atomic mass is 19.1. The van der Waals surface area contributed by atoms with Gasteiger partial charge in [-0.2, -0.15) is 0 Å². The number of benzene rings is 1. The summed E-state index contributed by atoms with van der Waals surface area (Å²) in [6, 6.07) is 7.52. The van der Waals surface area contributed by atoms with E-state index < -0.39 is 0 Å². The first kappa shape index (κ1) is 20.4. The van der Waals surface area contributed by atoms with E-state index in [0.29, 0.717) is 30.2 Å². The van der Waals surface area contributed by atoms with E-state index in [1.807, 2.05) is 6.07 Å². The fourth-order valence-electron chi connectivity index (χ4n) is 6.33. The van der Waals surface area contributed by atoms with Gasteiger partial charge in [-0.3, -0.25) is 9.69 Å². The predicted octanol–water partition coefficient (Wildman–Crippen LogP) is 2.40. The van der Waals surface area contributed by atoms with E-state index in [1.165, 1.54) is 12.5 Å². The third-order valence-corrected chi connectivity index (χ3v) is 7.74. The van der Waals surface area contributed by atoms with Crippen molar-refractivity contribution in [1.29, 1.82) is 0 Å². The maximum Gasteiger partial charge on any atom is 0.223 e. The van der Waals surface area contributed by atoms with E-state index >= 15 is 0 Å². The van der Waals surface area contributed by atoms with Crippen molar-refractivity contribution < 1.29 is 13.9 Å². The monoisotopic (exact) mass is 415 g/mol. The second-order valence-electron chi connectivity index (χ2n) is 9.63. The quantitative estimate of drug-likeness (QED) is 0.740. The SMILES string of the molecule is O=C1CCC[C@H]2[C@@H]3C[C@@H](CN(CCN4CCOCC4)C3)[C@H](Cc3cccc(F)c3)N12. The molecule has 2 bridgehead atoms. The average Bonchev–Trinajstić information content (AvgIpc) is 2.76. The van der Waals surface area contributed by atoms with Crippen LogP contribution in [0.15, 0.2) is 24.3 Å². The van der Waals surface area contributed by atoms with Crippen LogP contribution in [0, 0.1) is 17.7 Å². The van der Waals surface area contributed by atoms with Crippen molar-refractivity contribution in [3.8, 4) is 0 Å². The normalized spacial score (nSPS) is 32.8. The molecule has 5 rings (SSSR count). The maximum absolute atomic E-state index is 13.8. The molecule has 0 N–H and O–H groups in total. The molecule has 164 valence electrons. The second-order valence-corrected chi connectivity index (χ2v) is 9.63. The molecule has 5 nitrogen and oxygen atoms in total. The molecule has 0 aliphatic carbocycles. The lowest BCUT2D eigenvalue weighted by atomic mass is 9.71. The van der Waals surface area contributed by atoms with Crippen LogP contribution >= 0.6 is 0 Å². The standard InChI is InChI=1S/C24H34FN3O2/c25-21-4-1-3-18(13-21)14-23-20-15-19(22-5-2-6-24(29)28(22)23)16-27(17-20)8-7-26-9-11-30-12-10-26/h1,3-4,13,19-20,22-23H,2,5-12,14-17H2/t19-,20+,22+,23+/m1/s1. The Morgan fingerprint density at radius 2 is 1.87 bits per heavy atom. The third kappa shape index (κ3) is 4.27. The van der Waals surface area contributed by atoms with Gasteiger partial charge in [0.1, 0.15) is 5.82 Å². The van der Waals surface area contributed by atoms with E-state index in [2.05, 4.69) is 14.7 Å². The Labute approximate surface area is 179 Å². The minimum Gasteiger partial charge on any atom is -0.379 e. The number of nitrogens with zero attached hydrogens (tertiary/aromatic N) is 3. The number of likely N-dealkylation sites (tertiary alicyclic amines) is 1. The van der Waals surface area contributed by atoms with Crippen LogP contribution in [0.4, 0.5) is 4.39 Å². The van der Waals surface area contributed by atoms with Crippen molar-refractivity contribution >= 4 is 5.91 Å². The van der Waals surface area contributed by atoms with Gasteiger partial charge in [-0.25, -0.2) is 4.39 Å². The van der Waals surface area contributed by atoms with Gasteiger partial charge in [0.2, 0.25) is 5.91 Å². The molecule has 4 heterocycles. The summed E-state index contributed by atoms with van der Waals surface area (Å²) < 4.78 is 19.3. The average molecular weight is 416 g/mol. The Morgan fingerprint density at radius 1 is 1.07 bits per heavy atom. The fraction of sp³-hybridized carbons (Fsp3) is 0.708. The lowest BCUT2D eigenvalue weighted by molar-refractivity contribution is -0.152. The van der Waals surface area contributed by atoms with Gasteiger partial charge < -0.3 is 14.5 Å². The zero-order valence-electron chi connectivity index (χ0n) is 17.8. The van der Waals surface area contributed by atoms with Crippen LogP contribution in [0.1, 0.15) is 31.2 Å². The topological polar surface area (TPSA) is 36.0 Å². The summed E-state index contributed by atoms with van der Waals surface area (Å²) in [5.74, 6) is 1.21. The lowest BCUT2D eigenvalue weighted by Crippen LogP contribution is -2.65. The number of carbonyl (C=O) groups is 1. The van der Waals surface area contributed by atoms with E-state index in [4.69, 9.17) is 4.74 Å². The molecular formula is C24H34FN3O2. The van der Waals surface area contributed by atoms with E-state index in [9.17, 15) is 9.18 Å². The van der Waals surface area contributed by atoms with Crippen molar-refractivity contribution in [2.24, 2.45) is 11.8 Å². The summed E-state index contributed by atoms with van der Waals surface area (Å²) >= 11 is 0. The summed E-state index contributed by atoms with van der Waals surface area (Å²) in [7, 11) is 0. The van der Waals surface area contributed by atoms with Crippen LogP contribution in [0.5, 0.6) is 0 Å². The molecule has 0 radical (unpaired) electrons. The molecule has 4 aliphatic heterocycles. The van der Waals surface area contributed by atoms with Gasteiger partial charge in [-0.15, -0.1) is 0 Å². The van der Waals surface area contributed by atoms with Crippen molar-refractivity contribution in [1.82, 2.24) is 14.7 Å². The summed E-state index contributed by atoms with van der Waals surface area (Å²) in [5.41, 5.74) is 1.01. The van der Waals surface area contributed by atoms with Crippen molar-refractivity contribution in [3.05, 3.63) is 35.6 Å². The van der Waals surface area contributed by atoms with Gasteiger partial charge in [-0.1, -0.05) is 12.1 Å². The summed E-state index contributed by atoms with van der Waals surface area (Å²) in [4.78, 5) is 20.4. The summed E-state index contributed by atoms with van der Waals surface area (Å²) in [6.07, 6.45) is 4.80. The van der Waals surface area contributed by atoms with Gasteiger partial charge in [-0.05, 0) is 55.2 Å². The molecule has 1 amide bonds. The van der Waals surface area contributed by atoms with Crippen LogP contribution in [-0.4, -0.2) is 85.2 Å². The molecule has 0 unspecified atom stereocenters. The Bertz CT molecular complexity index is 754. The van der Waals surface area contributed by atoms with Gasteiger partial charge in [0.05, 0.1) is 13.2 Å². The van der Waals surface area contributed by atoms with Crippen molar-refractivity contribution in [3.63, 3.8) is 0 Å². The molecule has 1 aromatic rings. The van der Waals surface area contributed by atoms with E-state index in [0.717, 1.165) is 77.3 Å². The van der Waals surface area contributed by atoms with Crippen LogP contribution in [0.3, 0.4) is 0 Å². The van der Waals surface area contributed by atoms with E-state index in [-0.39, 0.29) is 11.9 Å². The van der Waals surface area contributed by atoms with Gasteiger partial charge in [0.25, 0.3) is 0 Å². The molecule has 4 saturated heterocycles. The minimum absolute atomic E-state index is 0.182. The Morgan fingerprint density at radius 3 is 2.70 bits per heavy atom. The molecule has 6 heteroatoms. The summed E-state index contributed by atoms with van der Waals surface area (Å²) in [6.45, 7) is 8.13. The highest BCUT2D eigenvalue weighted by Crippen LogP contribution is 2.42. The lowest BCUT2D eigenvalue weighted by Gasteiger charge is -2.57. The molecule has 4 aliphatic rings. The summed E-state index contributed by atoms with van der Waals surface area (Å²) in [5, 5.41) is 0. The largest absolute Gasteiger partial charge is 0.379 e. The molecule has 0 aromatic heterocycles. The number of fused-ring (bicyclic) bond motifs is 4. The zero-order chi connectivity index (χ0) is 20.5. The van der Waals surface area contributed by atoms with Crippen molar-refractivity contribution in [2.45, 2.75) is 44.2 Å². The number of carbonyl (C=O) groups excluding carboxylic acids is 1. The molecule has 4 fully saturated rings. The number of rotatable bonds is 5. The first-order valence-corrected chi connectivity index (χ1v) is 11.8. The first-order valence-electron chi connectivity index (χ1n) is 11.8. The van der Waals surface area contributed by atoms with Crippen LogP contribution in [-0.2, 0) is 16.0 Å². The van der Waals surface area contributed by atoms with Crippen LogP contribution < -0.4 is 0 Å². The first-order chi connectivity index (χ1) is 14.7. The molecular weight excluding hydrogens is 381 g/mol. The molecule has 0 saturated carbocycles. The molecule has 0 spiro atoms. The number of hydrogen-bond donors (Lipinski definition) is 0. The number of hydrogen-bond acceptors (Lipinski definition) is 4. The second kappa shape index (κ2) is 8.93. The number of piperidine rings is 3. The van der Waals surface area contributed by atoms with Gasteiger partial charge in [0.15, 0.2) is 0 Å². The highest BCUT2D eigenvalue weighted by molar-refractivity contribution is 5.78. The Balaban J connectivity index is 1.32. The van der Waals surface area contributed by atoms with Crippen LogP contribution in [0.25, 0.3) is 0 Å². The molecule has 4 atom stereocenters. The number of halogens is 1.